The standard InChI is InChI=1S/C13H17N3O/c1-9-4-5-11(8-10(9)2)13-15-12(16-17-13)6-7-14-3/h4-5,8,14H,6-7H2,1-3H3. The Labute approximate surface area is 101 Å². The Hall–Kier alpha value is -1.68. The van der Waals surface area contributed by atoms with E-state index in [-0.39, 0.29) is 0 Å². The van der Waals surface area contributed by atoms with E-state index in [9.17, 15) is 0 Å². The van der Waals surface area contributed by atoms with Crippen LogP contribution in [-0.4, -0.2) is 23.7 Å². The summed E-state index contributed by atoms with van der Waals surface area (Å²) >= 11 is 0. The first kappa shape index (κ1) is 11.8. The molecule has 1 aromatic carbocycles. The molecule has 0 aliphatic heterocycles. The molecule has 0 bridgehead atoms. The summed E-state index contributed by atoms with van der Waals surface area (Å²) in [6.07, 6.45) is 0.783. The van der Waals surface area contributed by atoms with Crippen LogP contribution in [0.2, 0.25) is 0 Å². The van der Waals surface area contributed by atoms with Crippen LogP contribution < -0.4 is 5.32 Å². The van der Waals surface area contributed by atoms with Gasteiger partial charge in [-0.3, -0.25) is 0 Å². The quantitative estimate of drug-likeness (QED) is 0.875. The van der Waals surface area contributed by atoms with E-state index in [2.05, 4.69) is 41.4 Å². The molecule has 0 fully saturated rings. The van der Waals surface area contributed by atoms with Crippen molar-refractivity contribution in [3.63, 3.8) is 0 Å². The Bertz CT molecular complexity index is 505. The molecule has 0 amide bonds. The molecule has 17 heavy (non-hydrogen) atoms. The molecule has 1 aromatic heterocycles. The molecule has 90 valence electrons. The number of benzene rings is 1. The largest absolute Gasteiger partial charge is 0.334 e. The lowest BCUT2D eigenvalue weighted by Gasteiger charge is -2.00. The second-order valence-electron chi connectivity index (χ2n) is 4.17. The molecule has 1 N–H and O–H groups in total. The number of hydrogen-bond donors (Lipinski definition) is 1. The summed E-state index contributed by atoms with van der Waals surface area (Å²) in [5, 5.41) is 7.02. The molecule has 0 aliphatic carbocycles. The van der Waals surface area contributed by atoms with Crippen molar-refractivity contribution in [2.24, 2.45) is 0 Å². The van der Waals surface area contributed by atoms with E-state index < -0.39 is 0 Å². The Kier molecular flexibility index (Phi) is 3.54. The molecule has 1 heterocycles. The van der Waals surface area contributed by atoms with Crippen molar-refractivity contribution in [3.05, 3.63) is 35.2 Å². The van der Waals surface area contributed by atoms with Crippen LogP contribution in [0.25, 0.3) is 11.5 Å². The first-order valence-electron chi connectivity index (χ1n) is 5.75. The van der Waals surface area contributed by atoms with Gasteiger partial charge in [0.25, 0.3) is 5.89 Å². The van der Waals surface area contributed by atoms with E-state index in [1.807, 2.05) is 13.1 Å². The van der Waals surface area contributed by atoms with Crippen molar-refractivity contribution >= 4 is 0 Å². The third-order valence-corrected chi connectivity index (χ3v) is 2.82. The van der Waals surface area contributed by atoms with Gasteiger partial charge in [-0.05, 0) is 44.2 Å². The molecule has 0 aliphatic rings. The minimum atomic E-state index is 0.596. The number of likely N-dealkylation sites (N-methyl/N-ethyl adjacent to an activating group) is 1. The number of nitrogens with one attached hydrogen (secondary N) is 1. The number of aromatic nitrogens is 2. The van der Waals surface area contributed by atoms with E-state index in [4.69, 9.17) is 4.52 Å². The smallest absolute Gasteiger partial charge is 0.257 e. The zero-order valence-electron chi connectivity index (χ0n) is 10.4. The zero-order valence-corrected chi connectivity index (χ0v) is 10.4. The van der Waals surface area contributed by atoms with Gasteiger partial charge in [0.05, 0.1) is 0 Å². The number of hydrogen-bond acceptors (Lipinski definition) is 4. The molecular weight excluding hydrogens is 214 g/mol. The van der Waals surface area contributed by atoms with Gasteiger partial charge in [0, 0.05) is 18.5 Å². The van der Waals surface area contributed by atoms with Gasteiger partial charge in [0.15, 0.2) is 5.82 Å². The Morgan fingerprint density at radius 3 is 2.76 bits per heavy atom. The lowest BCUT2D eigenvalue weighted by molar-refractivity contribution is 0.422. The highest BCUT2D eigenvalue weighted by Gasteiger charge is 2.08. The van der Waals surface area contributed by atoms with Gasteiger partial charge in [-0.2, -0.15) is 4.98 Å². The first-order chi connectivity index (χ1) is 8.20. The van der Waals surface area contributed by atoms with Gasteiger partial charge in [-0.15, -0.1) is 0 Å². The first-order valence-corrected chi connectivity index (χ1v) is 5.75. The average Bonchev–Trinajstić information content (AvgIpc) is 2.79. The fourth-order valence-electron chi connectivity index (χ4n) is 1.58. The third-order valence-electron chi connectivity index (χ3n) is 2.82. The minimum absolute atomic E-state index is 0.596. The second kappa shape index (κ2) is 5.10. The van der Waals surface area contributed by atoms with Crippen LogP contribution in [0.15, 0.2) is 22.7 Å². The Morgan fingerprint density at radius 1 is 1.24 bits per heavy atom. The summed E-state index contributed by atoms with van der Waals surface area (Å²) in [5.41, 5.74) is 3.48. The molecule has 2 aromatic rings. The molecule has 4 heteroatoms. The van der Waals surface area contributed by atoms with Gasteiger partial charge in [0.2, 0.25) is 0 Å². The van der Waals surface area contributed by atoms with E-state index >= 15 is 0 Å². The monoisotopic (exact) mass is 231 g/mol. The topological polar surface area (TPSA) is 51.0 Å². The summed E-state index contributed by atoms with van der Waals surface area (Å²) in [6, 6.07) is 6.16. The van der Waals surface area contributed by atoms with Crippen molar-refractivity contribution in [2.45, 2.75) is 20.3 Å². The Balaban J connectivity index is 2.21. The van der Waals surface area contributed by atoms with E-state index in [1.54, 1.807) is 0 Å². The van der Waals surface area contributed by atoms with Crippen LogP contribution in [0.1, 0.15) is 17.0 Å². The van der Waals surface area contributed by atoms with Gasteiger partial charge in [-0.25, -0.2) is 0 Å². The highest BCUT2D eigenvalue weighted by Crippen LogP contribution is 2.20. The van der Waals surface area contributed by atoms with Crippen LogP contribution in [0, 0.1) is 13.8 Å². The van der Waals surface area contributed by atoms with Crippen molar-refractivity contribution in [1.82, 2.24) is 15.5 Å². The lowest BCUT2D eigenvalue weighted by Crippen LogP contribution is -2.10. The molecule has 2 rings (SSSR count). The highest BCUT2D eigenvalue weighted by molar-refractivity contribution is 5.55. The SMILES string of the molecule is CNCCc1noc(-c2ccc(C)c(C)c2)n1. The maximum atomic E-state index is 5.25. The number of aryl methyl sites for hydroxylation is 2. The van der Waals surface area contributed by atoms with Crippen LogP contribution in [-0.2, 0) is 6.42 Å². The molecule has 0 saturated carbocycles. The van der Waals surface area contributed by atoms with Gasteiger partial charge in [-0.1, -0.05) is 11.2 Å². The molecule has 0 unspecified atom stereocenters. The van der Waals surface area contributed by atoms with Crippen LogP contribution in [0.5, 0.6) is 0 Å². The number of nitrogens with zero attached hydrogens (tertiary/aromatic N) is 2. The van der Waals surface area contributed by atoms with E-state index in [0.29, 0.717) is 5.89 Å². The van der Waals surface area contributed by atoms with Crippen molar-refractivity contribution in [3.8, 4) is 11.5 Å². The molecule has 0 radical (unpaired) electrons. The van der Waals surface area contributed by atoms with Crippen LogP contribution >= 0.6 is 0 Å². The van der Waals surface area contributed by atoms with Gasteiger partial charge in [0.1, 0.15) is 0 Å². The van der Waals surface area contributed by atoms with E-state index in [1.165, 1.54) is 11.1 Å². The van der Waals surface area contributed by atoms with Crippen LogP contribution in [0.4, 0.5) is 0 Å². The maximum Gasteiger partial charge on any atom is 0.257 e. The lowest BCUT2D eigenvalue weighted by atomic mass is 10.1. The third kappa shape index (κ3) is 2.71. The summed E-state index contributed by atoms with van der Waals surface area (Å²) in [6.45, 7) is 5.02. The normalized spacial score (nSPS) is 10.8. The van der Waals surface area contributed by atoms with E-state index in [0.717, 1.165) is 24.4 Å². The summed E-state index contributed by atoms with van der Waals surface area (Å²) in [5.74, 6) is 1.34. The molecule has 4 nitrogen and oxygen atoms in total. The zero-order chi connectivity index (χ0) is 12.3. The summed E-state index contributed by atoms with van der Waals surface area (Å²) in [4.78, 5) is 4.37. The van der Waals surface area contributed by atoms with Crippen molar-refractivity contribution in [1.29, 1.82) is 0 Å². The molecule has 0 saturated heterocycles. The molecule has 0 atom stereocenters. The predicted octanol–water partition coefficient (Wildman–Crippen LogP) is 2.12. The highest BCUT2D eigenvalue weighted by atomic mass is 16.5. The second-order valence-corrected chi connectivity index (χ2v) is 4.17. The number of rotatable bonds is 4. The summed E-state index contributed by atoms with van der Waals surface area (Å²) in [7, 11) is 1.91. The van der Waals surface area contributed by atoms with Gasteiger partial charge < -0.3 is 9.84 Å². The summed E-state index contributed by atoms with van der Waals surface area (Å²) < 4.78 is 5.25. The molecule has 0 spiro atoms. The van der Waals surface area contributed by atoms with Crippen molar-refractivity contribution in [2.75, 3.05) is 13.6 Å². The Morgan fingerprint density at radius 2 is 2.06 bits per heavy atom. The molecular formula is C13H17N3O. The van der Waals surface area contributed by atoms with Gasteiger partial charge >= 0.3 is 0 Å². The fraction of sp³-hybridized carbons (Fsp3) is 0.385. The average molecular weight is 231 g/mol. The van der Waals surface area contributed by atoms with Crippen molar-refractivity contribution < 1.29 is 4.52 Å². The fourth-order valence-corrected chi connectivity index (χ4v) is 1.58. The maximum absolute atomic E-state index is 5.25. The van der Waals surface area contributed by atoms with Crippen LogP contribution in [0.3, 0.4) is 0 Å². The minimum Gasteiger partial charge on any atom is -0.334 e. The predicted molar refractivity (Wildman–Crippen MR) is 66.8 cm³/mol.